The largest absolute Gasteiger partial charge is 1.00 e. The summed E-state index contributed by atoms with van der Waals surface area (Å²) in [4.78, 5) is 0. The molecule has 2 aliphatic carbocycles. The van der Waals surface area contributed by atoms with E-state index in [0.29, 0.717) is 0 Å². The molecule has 3 heteroatoms. The summed E-state index contributed by atoms with van der Waals surface area (Å²) in [7, 11) is 0. The van der Waals surface area contributed by atoms with Crippen molar-refractivity contribution >= 4 is 12.1 Å². The average Bonchev–Trinajstić information content (AvgIpc) is 3.69. The summed E-state index contributed by atoms with van der Waals surface area (Å²) in [5.74, 6) is 0. The van der Waals surface area contributed by atoms with Crippen LogP contribution in [0.15, 0.2) is 137 Å². The molecule has 0 fully saturated rings. The first-order chi connectivity index (χ1) is 22.1. The summed E-state index contributed by atoms with van der Waals surface area (Å²) in [6.07, 6.45) is 7.11. The molecule has 0 aliphatic heterocycles. The number of hydrogen-bond donors (Lipinski definition) is 0. The first kappa shape index (κ1) is 36.2. The zero-order valence-corrected chi connectivity index (χ0v) is 32.8. The summed E-state index contributed by atoms with van der Waals surface area (Å²) in [6.45, 7) is 14.2. The van der Waals surface area contributed by atoms with Crippen molar-refractivity contribution < 1.29 is 46.1 Å². The maximum atomic E-state index is 2.58. The Hall–Kier alpha value is -3.09. The fraction of sp³-hybridized carbons (Fsp3) is 0.222. The Kier molecular flexibility index (Phi) is 10.9. The summed E-state index contributed by atoms with van der Waals surface area (Å²) in [5.41, 5.74) is 14.5. The molecule has 0 N–H and O–H groups in total. The molecule has 0 amide bonds. The first-order valence-electron chi connectivity index (χ1n) is 16.7. The van der Waals surface area contributed by atoms with Crippen molar-refractivity contribution in [1.29, 1.82) is 0 Å². The Morgan fingerprint density at radius 3 is 1.73 bits per heavy atom. The van der Waals surface area contributed by atoms with Gasteiger partial charge in [0.05, 0.1) is 0 Å². The summed E-state index contributed by atoms with van der Waals surface area (Å²) >= 11 is -2.89. The second-order valence-corrected chi connectivity index (χ2v) is 20.8. The van der Waals surface area contributed by atoms with E-state index in [1.807, 2.05) is 0 Å². The zero-order valence-electron chi connectivity index (χ0n) is 28.9. The van der Waals surface area contributed by atoms with Crippen LogP contribution in [0, 0.1) is 0 Å². The van der Waals surface area contributed by atoms with E-state index in [-0.39, 0.29) is 35.6 Å². The van der Waals surface area contributed by atoms with Crippen molar-refractivity contribution in [3.8, 4) is 11.1 Å². The number of hydrogen-bond acceptors (Lipinski definition) is 0. The smallest absolute Gasteiger partial charge is 1.00 e. The second-order valence-electron chi connectivity index (χ2n) is 14.9. The van der Waals surface area contributed by atoms with Gasteiger partial charge < -0.3 is 24.8 Å². The van der Waals surface area contributed by atoms with Crippen LogP contribution in [0.3, 0.4) is 0 Å². The molecule has 0 heterocycles. The fourth-order valence-electron chi connectivity index (χ4n) is 7.30. The molecule has 0 radical (unpaired) electrons. The van der Waals surface area contributed by atoms with Crippen LogP contribution in [0.5, 0.6) is 0 Å². The molecular formula is C45H44Cl2Zr. The van der Waals surface area contributed by atoms with E-state index < -0.39 is 21.3 Å². The Morgan fingerprint density at radius 2 is 1.17 bits per heavy atom. The van der Waals surface area contributed by atoms with Gasteiger partial charge in [0.2, 0.25) is 0 Å². The number of benzene rings is 5. The van der Waals surface area contributed by atoms with E-state index in [0.717, 1.165) is 12.8 Å². The van der Waals surface area contributed by atoms with Gasteiger partial charge in [0.15, 0.2) is 0 Å². The quantitative estimate of drug-likeness (QED) is 0.239. The van der Waals surface area contributed by atoms with Gasteiger partial charge in [-0.3, -0.25) is 0 Å². The summed E-state index contributed by atoms with van der Waals surface area (Å²) < 4.78 is 4.94. The van der Waals surface area contributed by atoms with Crippen LogP contribution < -0.4 is 28.1 Å². The molecule has 0 nitrogen and oxygen atoms in total. The summed E-state index contributed by atoms with van der Waals surface area (Å²) in [5, 5.41) is 0. The van der Waals surface area contributed by atoms with Crippen molar-refractivity contribution in [2.75, 3.05) is 0 Å². The minimum Gasteiger partial charge on any atom is -1.00 e. The van der Waals surface area contributed by atoms with E-state index in [1.54, 1.807) is 15.3 Å². The minimum atomic E-state index is -2.89. The van der Waals surface area contributed by atoms with Crippen molar-refractivity contribution in [3.63, 3.8) is 0 Å². The van der Waals surface area contributed by atoms with Crippen molar-refractivity contribution in [2.45, 2.75) is 65.2 Å². The van der Waals surface area contributed by atoms with Crippen LogP contribution >= 0.6 is 0 Å². The van der Waals surface area contributed by atoms with E-state index in [4.69, 9.17) is 0 Å². The van der Waals surface area contributed by atoms with Crippen LogP contribution in [0.25, 0.3) is 16.7 Å². The van der Waals surface area contributed by atoms with Crippen LogP contribution in [0.2, 0.25) is 0 Å². The van der Waals surface area contributed by atoms with Crippen LogP contribution in [-0.4, -0.2) is 3.21 Å². The molecule has 48 heavy (non-hydrogen) atoms. The number of fused-ring (bicyclic) bond motifs is 3. The topological polar surface area (TPSA) is 0 Å². The predicted octanol–water partition coefficient (Wildman–Crippen LogP) is 4.74. The normalized spacial score (nSPS) is 13.2. The molecule has 0 saturated carbocycles. The molecule has 0 bridgehead atoms. The number of halogens is 2. The molecule has 0 saturated heterocycles. The van der Waals surface area contributed by atoms with E-state index in [2.05, 4.69) is 175 Å². The third-order valence-corrected chi connectivity index (χ3v) is 17.4. The molecule has 0 unspecified atom stereocenters. The van der Waals surface area contributed by atoms with Gasteiger partial charge in [-0.2, -0.15) is 0 Å². The van der Waals surface area contributed by atoms with Gasteiger partial charge in [-0.1, -0.05) is 0 Å². The summed E-state index contributed by atoms with van der Waals surface area (Å²) in [6, 6.07) is 45.8. The van der Waals surface area contributed by atoms with Gasteiger partial charge in [0.25, 0.3) is 0 Å². The molecule has 5 aromatic rings. The molecular weight excluding hydrogens is 703 g/mol. The van der Waals surface area contributed by atoms with E-state index in [9.17, 15) is 0 Å². The third-order valence-electron chi connectivity index (χ3n) is 9.67. The Labute approximate surface area is 308 Å². The maximum Gasteiger partial charge on any atom is -1.00 e. The van der Waals surface area contributed by atoms with Gasteiger partial charge in [0, 0.05) is 0 Å². The first-order valence-corrected chi connectivity index (χ1v) is 20.4. The molecule has 0 aromatic heterocycles. The van der Waals surface area contributed by atoms with Gasteiger partial charge in [-0.05, 0) is 0 Å². The molecule has 5 aromatic carbocycles. The van der Waals surface area contributed by atoms with Gasteiger partial charge >= 0.3 is 285 Å². The SMILES string of the molecule is CC(C)(C)c1ccc2c(c1)Cc1c-2ccc(C(C)(C)C)[c]1[Zr+2]([C]1=CC(c2ccccc2)=CC1)=[C](c1ccccc1)c1ccccc1.[Cl-].[Cl-]. The fourth-order valence-corrected chi connectivity index (χ4v) is 16.3. The maximum absolute atomic E-state index is 2.89. The number of rotatable bonds is 5. The van der Waals surface area contributed by atoms with E-state index >= 15 is 0 Å². The molecule has 242 valence electrons. The Bertz CT molecular complexity index is 1980. The Balaban J connectivity index is 0.00000225. The van der Waals surface area contributed by atoms with Gasteiger partial charge in [0.1, 0.15) is 0 Å². The molecule has 7 rings (SSSR count). The third kappa shape index (κ3) is 6.98. The van der Waals surface area contributed by atoms with Crippen molar-refractivity contribution in [1.82, 2.24) is 0 Å². The van der Waals surface area contributed by atoms with Crippen molar-refractivity contribution in [2.24, 2.45) is 0 Å². The second kappa shape index (κ2) is 14.4. The van der Waals surface area contributed by atoms with Crippen LogP contribution in [-0.2, 0) is 38.5 Å². The predicted molar refractivity (Wildman–Crippen MR) is 195 cm³/mol. The zero-order chi connectivity index (χ0) is 32.1. The average molecular weight is 747 g/mol. The van der Waals surface area contributed by atoms with Crippen LogP contribution in [0.4, 0.5) is 0 Å². The standard InChI is InChI=1S/C21H25.C13H10.C11H9.2ClH.Zr/c1-20(2,3)16-7-9-18-14(12-16)11-15-13-17(21(4,5)6)8-10-19(15)18;1-3-7-12(8-4-1)11-13-9-5-2-6-10-13;1-2-6-10(7-3-1)11-8-4-5-9-11;;;/h7-10,12H,11H2,1-6H3;1-10H;1-3,6-9H,4H2;2*1H;/q;;;;;+2/p-2. The molecule has 2 aliphatic rings. The monoisotopic (exact) mass is 744 g/mol. The van der Waals surface area contributed by atoms with E-state index in [1.165, 1.54) is 50.1 Å². The molecule has 0 atom stereocenters. The van der Waals surface area contributed by atoms with Crippen molar-refractivity contribution in [3.05, 3.63) is 176 Å². The molecule has 0 spiro atoms. The number of allylic oxidation sites excluding steroid dienone is 4. The van der Waals surface area contributed by atoms with Gasteiger partial charge in [-0.25, -0.2) is 0 Å². The minimum absolute atomic E-state index is 0. The Morgan fingerprint density at radius 1 is 0.604 bits per heavy atom. The van der Waals surface area contributed by atoms with Gasteiger partial charge in [-0.15, -0.1) is 0 Å². The van der Waals surface area contributed by atoms with Crippen LogP contribution in [0.1, 0.15) is 86.9 Å².